The lowest BCUT2D eigenvalue weighted by molar-refractivity contribution is -0.0552. The van der Waals surface area contributed by atoms with Crippen LogP contribution in [0.25, 0.3) is 0 Å². The molecule has 9 nitrogen and oxygen atoms in total. The Morgan fingerprint density at radius 1 is 1.00 bits per heavy atom. The molecule has 0 spiro atoms. The van der Waals surface area contributed by atoms with Crippen LogP contribution in [0.2, 0.25) is 0 Å². The molecule has 3 saturated heterocycles. The molecular weight excluding hydrogens is 412 g/mol. The number of piperazine rings is 1. The van der Waals surface area contributed by atoms with Gasteiger partial charge in [-0.1, -0.05) is 0 Å². The predicted octanol–water partition coefficient (Wildman–Crippen LogP) is 2.14. The van der Waals surface area contributed by atoms with E-state index in [4.69, 9.17) is 4.74 Å². The quantitative estimate of drug-likeness (QED) is 0.672. The van der Waals surface area contributed by atoms with Crippen molar-refractivity contribution in [1.82, 2.24) is 19.6 Å². The van der Waals surface area contributed by atoms with Gasteiger partial charge in [0, 0.05) is 51.9 Å². The van der Waals surface area contributed by atoms with E-state index in [-0.39, 0.29) is 12.1 Å². The number of nitrogens with zero attached hydrogens (tertiary/aromatic N) is 4. The molecule has 0 aliphatic carbocycles. The maximum Gasteiger partial charge on any atom is 0.410 e. The van der Waals surface area contributed by atoms with Crippen LogP contribution in [0.1, 0.15) is 53.4 Å². The zero-order chi connectivity index (χ0) is 23.5. The number of amides is 2. The summed E-state index contributed by atoms with van der Waals surface area (Å²) in [5.41, 5.74) is -1.25. The average molecular weight is 455 g/mol. The van der Waals surface area contributed by atoms with Crippen LogP contribution in [-0.4, -0.2) is 118 Å². The largest absolute Gasteiger partial charge is 0.465 e. The maximum atomic E-state index is 12.3. The summed E-state index contributed by atoms with van der Waals surface area (Å²) < 4.78 is 5.45. The lowest BCUT2D eigenvalue weighted by Gasteiger charge is -2.44. The number of carbonyl (C=O) groups is 2. The van der Waals surface area contributed by atoms with Crippen LogP contribution in [-0.2, 0) is 4.74 Å². The minimum Gasteiger partial charge on any atom is -0.465 e. The van der Waals surface area contributed by atoms with Crippen LogP contribution >= 0.6 is 0 Å². The van der Waals surface area contributed by atoms with E-state index in [1.807, 2.05) is 20.8 Å². The third-order valence-electron chi connectivity index (χ3n) is 7.10. The smallest absolute Gasteiger partial charge is 0.410 e. The van der Waals surface area contributed by atoms with E-state index >= 15 is 0 Å². The van der Waals surface area contributed by atoms with Gasteiger partial charge < -0.3 is 29.6 Å². The van der Waals surface area contributed by atoms with Crippen LogP contribution in [0, 0.1) is 5.92 Å². The summed E-state index contributed by atoms with van der Waals surface area (Å²) in [5.74, 6) is 0.619. The Morgan fingerprint density at radius 3 is 2.16 bits per heavy atom. The van der Waals surface area contributed by atoms with E-state index in [1.165, 1.54) is 4.90 Å². The molecule has 9 heteroatoms. The Balaban J connectivity index is 1.38. The van der Waals surface area contributed by atoms with Crippen molar-refractivity contribution in [1.29, 1.82) is 0 Å². The van der Waals surface area contributed by atoms with Gasteiger partial charge in [0.05, 0.1) is 5.60 Å². The van der Waals surface area contributed by atoms with Gasteiger partial charge in [-0.2, -0.15) is 0 Å². The lowest BCUT2D eigenvalue weighted by Crippen LogP contribution is -2.55. The molecule has 1 atom stereocenters. The fourth-order valence-electron chi connectivity index (χ4n) is 5.11. The Bertz CT molecular complexity index is 651. The number of aliphatic hydroxyl groups is 1. The van der Waals surface area contributed by atoms with Crippen molar-refractivity contribution in [3.05, 3.63) is 0 Å². The van der Waals surface area contributed by atoms with Gasteiger partial charge in [0.15, 0.2) is 0 Å². The maximum absolute atomic E-state index is 12.3. The van der Waals surface area contributed by atoms with Crippen molar-refractivity contribution >= 4 is 12.2 Å². The molecule has 2 N–H and O–H groups in total. The Morgan fingerprint density at radius 2 is 1.62 bits per heavy atom. The van der Waals surface area contributed by atoms with Crippen molar-refractivity contribution in [3.63, 3.8) is 0 Å². The van der Waals surface area contributed by atoms with Gasteiger partial charge in [0.1, 0.15) is 5.60 Å². The average Bonchev–Trinajstić information content (AvgIpc) is 2.70. The van der Waals surface area contributed by atoms with Gasteiger partial charge in [-0.15, -0.1) is 0 Å². The summed E-state index contributed by atoms with van der Waals surface area (Å²) in [4.78, 5) is 31.5. The van der Waals surface area contributed by atoms with Crippen molar-refractivity contribution in [2.45, 2.75) is 70.6 Å². The summed E-state index contributed by atoms with van der Waals surface area (Å²) in [6.07, 6.45) is 2.26. The van der Waals surface area contributed by atoms with Crippen molar-refractivity contribution in [2.24, 2.45) is 5.92 Å². The second-order valence-corrected chi connectivity index (χ2v) is 11.0. The van der Waals surface area contributed by atoms with Crippen molar-refractivity contribution < 1.29 is 24.5 Å². The summed E-state index contributed by atoms with van der Waals surface area (Å²) in [7, 11) is 0. The number of likely N-dealkylation sites (tertiary alicyclic amines) is 2. The first-order valence-electron chi connectivity index (χ1n) is 12.1. The molecule has 3 fully saturated rings. The van der Waals surface area contributed by atoms with Crippen LogP contribution in [0.4, 0.5) is 9.59 Å². The Hall–Kier alpha value is -1.58. The van der Waals surface area contributed by atoms with Crippen LogP contribution in [0.5, 0.6) is 0 Å². The topological polar surface area (TPSA) is 96.8 Å². The molecule has 0 bridgehead atoms. The number of rotatable bonds is 4. The van der Waals surface area contributed by atoms with E-state index in [0.29, 0.717) is 51.5 Å². The SMILES string of the molecule is C[C@H]1CN(C(=O)O)CCN1CC1CCN(CC2(O)CCN(C(=O)OC(C)(C)C)CC2)CC1. The fourth-order valence-corrected chi connectivity index (χ4v) is 5.11. The molecule has 184 valence electrons. The monoisotopic (exact) mass is 454 g/mol. The van der Waals surface area contributed by atoms with E-state index < -0.39 is 17.3 Å². The van der Waals surface area contributed by atoms with E-state index in [2.05, 4.69) is 16.7 Å². The number of β-amino-alcohol motifs (C(OH)–C–C–N with tert-alkyl or cyclic N) is 1. The Kier molecular flexibility index (Phi) is 7.93. The molecule has 0 aromatic carbocycles. The van der Waals surface area contributed by atoms with E-state index in [1.54, 1.807) is 4.90 Å². The minimum absolute atomic E-state index is 0.258. The van der Waals surface area contributed by atoms with Gasteiger partial charge in [-0.05, 0) is 72.4 Å². The zero-order valence-corrected chi connectivity index (χ0v) is 20.3. The van der Waals surface area contributed by atoms with Crippen molar-refractivity contribution in [3.8, 4) is 0 Å². The molecule has 0 aromatic rings. The number of piperidine rings is 2. The third kappa shape index (κ3) is 6.96. The van der Waals surface area contributed by atoms with Crippen molar-refractivity contribution in [2.75, 3.05) is 58.9 Å². The second kappa shape index (κ2) is 10.1. The van der Waals surface area contributed by atoms with E-state index in [9.17, 15) is 19.8 Å². The number of carbonyl (C=O) groups excluding carboxylic acids is 1. The molecule has 3 aliphatic heterocycles. The predicted molar refractivity (Wildman–Crippen MR) is 122 cm³/mol. The van der Waals surface area contributed by atoms with Gasteiger partial charge in [0.2, 0.25) is 0 Å². The molecule has 3 rings (SSSR count). The molecule has 0 unspecified atom stereocenters. The first-order chi connectivity index (χ1) is 14.9. The van der Waals surface area contributed by atoms with Gasteiger partial charge in [-0.25, -0.2) is 9.59 Å². The lowest BCUT2D eigenvalue weighted by atomic mass is 9.89. The summed E-state index contributed by atoms with van der Waals surface area (Å²) in [6.45, 7) is 14.4. The highest BCUT2D eigenvalue weighted by molar-refractivity contribution is 5.68. The highest BCUT2D eigenvalue weighted by atomic mass is 16.6. The summed E-state index contributed by atoms with van der Waals surface area (Å²) in [6, 6.07) is 0.258. The third-order valence-corrected chi connectivity index (χ3v) is 7.10. The van der Waals surface area contributed by atoms with E-state index in [0.717, 1.165) is 39.0 Å². The van der Waals surface area contributed by atoms with Gasteiger partial charge in [0.25, 0.3) is 0 Å². The molecular formula is C23H42N4O5. The highest BCUT2D eigenvalue weighted by Crippen LogP contribution is 2.28. The first-order valence-corrected chi connectivity index (χ1v) is 12.1. The number of hydrogen-bond acceptors (Lipinski definition) is 6. The number of carboxylic acid groups (broad SMARTS) is 1. The first kappa shape index (κ1) is 25.1. The highest BCUT2D eigenvalue weighted by Gasteiger charge is 2.38. The molecule has 0 aromatic heterocycles. The number of ether oxygens (including phenoxy) is 1. The molecule has 0 radical (unpaired) electrons. The fraction of sp³-hybridized carbons (Fsp3) is 0.913. The van der Waals surface area contributed by atoms with Crippen LogP contribution < -0.4 is 0 Å². The standard InChI is InChI=1S/C23H42N4O5/c1-18-15-27(20(28)29)14-13-26(18)16-19-5-9-24(10-6-19)17-23(31)7-11-25(12-8-23)21(30)32-22(2,3)4/h18-19,31H,5-17H2,1-4H3,(H,28,29)/t18-/m0/s1. The minimum atomic E-state index is -0.820. The van der Waals surface area contributed by atoms with Gasteiger partial charge in [-0.3, -0.25) is 4.90 Å². The second-order valence-electron chi connectivity index (χ2n) is 11.0. The Labute approximate surface area is 192 Å². The zero-order valence-electron chi connectivity index (χ0n) is 20.3. The van der Waals surface area contributed by atoms with Crippen LogP contribution in [0.15, 0.2) is 0 Å². The van der Waals surface area contributed by atoms with Gasteiger partial charge >= 0.3 is 12.2 Å². The molecule has 2 amide bonds. The number of hydrogen-bond donors (Lipinski definition) is 2. The molecule has 3 heterocycles. The normalized spacial score (nSPS) is 26.2. The summed E-state index contributed by atoms with van der Waals surface area (Å²) >= 11 is 0. The molecule has 3 aliphatic rings. The molecule has 0 saturated carbocycles. The van der Waals surface area contributed by atoms with Crippen LogP contribution in [0.3, 0.4) is 0 Å². The molecule has 32 heavy (non-hydrogen) atoms. The summed E-state index contributed by atoms with van der Waals surface area (Å²) in [5, 5.41) is 20.3.